The number of thiazole rings is 1. The van der Waals surface area contributed by atoms with Crippen molar-refractivity contribution < 1.29 is 14.6 Å². The van der Waals surface area contributed by atoms with Crippen LogP contribution in [0.3, 0.4) is 0 Å². The van der Waals surface area contributed by atoms with E-state index in [4.69, 9.17) is 4.74 Å². The second-order valence-corrected chi connectivity index (χ2v) is 9.50. The van der Waals surface area contributed by atoms with Crippen LogP contribution in [0.15, 0.2) is 72.3 Å². The number of rotatable bonds is 7. The minimum atomic E-state index is -0.921. The van der Waals surface area contributed by atoms with E-state index in [-0.39, 0.29) is 11.0 Å². The van der Waals surface area contributed by atoms with Crippen molar-refractivity contribution in [1.29, 1.82) is 0 Å². The lowest BCUT2D eigenvalue weighted by atomic mass is 9.74. The molecule has 0 bridgehead atoms. The Balaban J connectivity index is 1.91. The predicted octanol–water partition coefficient (Wildman–Crippen LogP) is 6.33. The molecule has 2 aromatic carbocycles. The van der Waals surface area contributed by atoms with Crippen LogP contribution in [-0.4, -0.2) is 16.1 Å². The van der Waals surface area contributed by atoms with Crippen LogP contribution in [0.5, 0.6) is 5.75 Å². The predicted molar refractivity (Wildman–Crippen MR) is 121 cm³/mol. The van der Waals surface area contributed by atoms with Gasteiger partial charge in [-0.3, -0.25) is 0 Å². The highest BCUT2D eigenvalue weighted by molar-refractivity contribution is 7.09. The molecule has 4 nitrogen and oxygen atoms in total. The number of ether oxygens (including phenoxy) is 1. The molecule has 0 radical (unpaired) electrons. The standard InChI is InChI=1S/C25H27NO3S/c1-24(2,3)13-14-25(4,19-7-5-18(6-8-19)23(27)28)20-9-11-21(12-10-20)29-17-22-26-15-16-30-22/h5-16H,17H2,1-4H3,(H,27,28). The molecular formula is C25H27NO3S. The highest BCUT2D eigenvalue weighted by Gasteiger charge is 2.27. The molecule has 1 atom stereocenters. The summed E-state index contributed by atoms with van der Waals surface area (Å²) < 4.78 is 5.84. The van der Waals surface area contributed by atoms with Crippen LogP contribution in [0.1, 0.15) is 54.2 Å². The second-order valence-electron chi connectivity index (χ2n) is 8.52. The highest BCUT2D eigenvalue weighted by Crippen LogP contribution is 2.36. The zero-order chi connectivity index (χ0) is 21.8. The zero-order valence-electron chi connectivity index (χ0n) is 17.8. The van der Waals surface area contributed by atoms with Gasteiger partial charge in [0, 0.05) is 17.0 Å². The molecule has 1 heterocycles. The molecule has 0 amide bonds. The number of nitrogens with zero attached hydrogens (tertiary/aromatic N) is 1. The van der Waals surface area contributed by atoms with E-state index < -0.39 is 11.4 Å². The van der Waals surface area contributed by atoms with Gasteiger partial charge in [-0.2, -0.15) is 0 Å². The van der Waals surface area contributed by atoms with Gasteiger partial charge < -0.3 is 9.84 Å². The Kier molecular flexibility index (Phi) is 6.42. The zero-order valence-corrected chi connectivity index (χ0v) is 18.6. The number of benzene rings is 2. The number of carbonyl (C=O) groups is 1. The van der Waals surface area contributed by atoms with Gasteiger partial charge in [-0.15, -0.1) is 11.3 Å². The first-order chi connectivity index (χ1) is 14.2. The summed E-state index contributed by atoms with van der Waals surface area (Å²) in [7, 11) is 0. The quantitative estimate of drug-likeness (QED) is 0.453. The molecule has 0 fully saturated rings. The van der Waals surface area contributed by atoms with E-state index in [2.05, 4.69) is 57.0 Å². The summed E-state index contributed by atoms with van der Waals surface area (Å²) in [5, 5.41) is 12.1. The third kappa shape index (κ3) is 5.36. The largest absolute Gasteiger partial charge is 0.486 e. The first kappa shape index (κ1) is 21.8. The molecule has 1 aromatic heterocycles. The first-order valence-corrected chi connectivity index (χ1v) is 10.7. The van der Waals surface area contributed by atoms with Gasteiger partial charge >= 0.3 is 5.97 Å². The number of aromatic carboxylic acids is 1. The van der Waals surface area contributed by atoms with Crippen LogP contribution < -0.4 is 4.74 Å². The summed E-state index contributed by atoms with van der Waals surface area (Å²) in [4.78, 5) is 15.5. The Morgan fingerprint density at radius 3 is 2.10 bits per heavy atom. The van der Waals surface area contributed by atoms with E-state index in [1.807, 2.05) is 29.6 Å². The number of hydrogen-bond acceptors (Lipinski definition) is 4. The maximum Gasteiger partial charge on any atom is 0.335 e. The lowest BCUT2D eigenvalue weighted by Gasteiger charge is -2.29. The van der Waals surface area contributed by atoms with Crippen molar-refractivity contribution >= 4 is 17.3 Å². The highest BCUT2D eigenvalue weighted by atomic mass is 32.1. The minimum Gasteiger partial charge on any atom is -0.486 e. The smallest absolute Gasteiger partial charge is 0.335 e. The third-order valence-electron chi connectivity index (χ3n) is 4.95. The number of carboxylic acids is 1. The molecule has 1 N–H and O–H groups in total. The average Bonchev–Trinajstić information content (AvgIpc) is 3.24. The van der Waals surface area contributed by atoms with E-state index in [1.165, 1.54) is 0 Å². The molecule has 3 rings (SSSR count). The van der Waals surface area contributed by atoms with Gasteiger partial charge in [-0.1, -0.05) is 57.2 Å². The van der Waals surface area contributed by atoms with Crippen LogP contribution >= 0.6 is 11.3 Å². The fourth-order valence-corrected chi connectivity index (χ4v) is 3.63. The van der Waals surface area contributed by atoms with Crippen LogP contribution in [-0.2, 0) is 12.0 Å². The van der Waals surface area contributed by atoms with Crippen LogP contribution in [0.2, 0.25) is 0 Å². The summed E-state index contributed by atoms with van der Waals surface area (Å²) >= 11 is 1.57. The number of hydrogen-bond donors (Lipinski definition) is 1. The summed E-state index contributed by atoms with van der Waals surface area (Å²) in [5.41, 5.74) is 2.04. The first-order valence-electron chi connectivity index (χ1n) is 9.83. The number of aromatic nitrogens is 1. The Morgan fingerprint density at radius 2 is 1.60 bits per heavy atom. The Morgan fingerprint density at radius 1 is 1.00 bits per heavy atom. The maximum absolute atomic E-state index is 11.2. The van der Waals surface area contributed by atoms with E-state index in [1.54, 1.807) is 29.7 Å². The fraction of sp³-hybridized carbons (Fsp3) is 0.280. The van der Waals surface area contributed by atoms with E-state index in [0.29, 0.717) is 6.61 Å². The normalized spacial score (nSPS) is 13.9. The molecule has 5 heteroatoms. The van der Waals surface area contributed by atoms with E-state index in [0.717, 1.165) is 21.9 Å². The van der Waals surface area contributed by atoms with Crippen molar-refractivity contribution in [3.05, 3.63) is 94.0 Å². The molecule has 0 aliphatic rings. The van der Waals surface area contributed by atoms with Gasteiger partial charge in [0.25, 0.3) is 0 Å². The summed E-state index contributed by atoms with van der Waals surface area (Å²) in [6.45, 7) is 9.08. The molecule has 0 aliphatic heterocycles. The van der Waals surface area contributed by atoms with Crippen molar-refractivity contribution in [3.63, 3.8) is 0 Å². The molecule has 0 saturated heterocycles. The number of carboxylic acid groups (broad SMARTS) is 1. The Bertz CT molecular complexity index is 1000. The van der Waals surface area contributed by atoms with Crippen molar-refractivity contribution in [2.45, 2.75) is 39.7 Å². The SMILES string of the molecule is CC(C)(C)C=CC(C)(c1ccc(OCc2nccs2)cc1)c1ccc(C(=O)O)cc1. The van der Waals surface area contributed by atoms with Gasteiger partial charge in [0.15, 0.2) is 0 Å². The third-order valence-corrected chi connectivity index (χ3v) is 5.70. The monoisotopic (exact) mass is 421 g/mol. The van der Waals surface area contributed by atoms with Gasteiger partial charge in [-0.05, 0) is 47.7 Å². The lowest BCUT2D eigenvalue weighted by molar-refractivity contribution is 0.0697. The van der Waals surface area contributed by atoms with Crippen molar-refractivity contribution in [2.24, 2.45) is 5.41 Å². The molecule has 0 saturated carbocycles. The summed E-state index contributed by atoms with van der Waals surface area (Å²) in [5.74, 6) is -0.132. The van der Waals surface area contributed by atoms with Crippen molar-refractivity contribution in [3.8, 4) is 5.75 Å². The molecule has 30 heavy (non-hydrogen) atoms. The fourth-order valence-electron chi connectivity index (χ4n) is 3.10. The molecule has 0 aliphatic carbocycles. The molecule has 156 valence electrons. The number of allylic oxidation sites excluding steroid dienone is 2. The van der Waals surface area contributed by atoms with Crippen molar-refractivity contribution in [2.75, 3.05) is 0 Å². The second kappa shape index (κ2) is 8.84. The van der Waals surface area contributed by atoms with Gasteiger partial charge in [0.1, 0.15) is 17.4 Å². The summed E-state index contributed by atoms with van der Waals surface area (Å²) in [6, 6.07) is 15.2. The summed E-state index contributed by atoms with van der Waals surface area (Å²) in [6.07, 6.45) is 6.17. The van der Waals surface area contributed by atoms with Crippen LogP contribution in [0, 0.1) is 5.41 Å². The topological polar surface area (TPSA) is 59.4 Å². The molecule has 0 spiro atoms. The van der Waals surface area contributed by atoms with E-state index in [9.17, 15) is 9.90 Å². The van der Waals surface area contributed by atoms with Crippen molar-refractivity contribution in [1.82, 2.24) is 4.98 Å². The Labute approximate surface area is 181 Å². The lowest BCUT2D eigenvalue weighted by Crippen LogP contribution is -2.22. The molecule has 1 unspecified atom stereocenters. The minimum absolute atomic E-state index is 0.0268. The van der Waals surface area contributed by atoms with Gasteiger partial charge in [0.05, 0.1) is 5.56 Å². The van der Waals surface area contributed by atoms with Crippen LogP contribution in [0.25, 0.3) is 0 Å². The van der Waals surface area contributed by atoms with Gasteiger partial charge in [-0.25, -0.2) is 9.78 Å². The Hall–Kier alpha value is -2.92. The van der Waals surface area contributed by atoms with E-state index >= 15 is 0 Å². The average molecular weight is 422 g/mol. The molecule has 3 aromatic rings. The maximum atomic E-state index is 11.2. The van der Waals surface area contributed by atoms with Crippen LogP contribution in [0.4, 0.5) is 0 Å². The van der Waals surface area contributed by atoms with Gasteiger partial charge in [0.2, 0.25) is 0 Å². The molecular weight excluding hydrogens is 394 g/mol.